The van der Waals surface area contributed by atoms with Crippen LogP contribution in [0.3, 0.4) is 0 Å². The van der Waals surface area contributed by atoms with Crippen molar-refractivity contribution in [2.45, 2.75) is 39.8 Å². The molecule has 0 saturated carbocycles. The second-order valence-corrected chi connectivity index (χ2v) is 6.81. The summed E-state index contributed by atoms with van der Waals surface area (Å²) in [7, 11) is 2.23. The van der Waals surface area contributed by atoms with Crippen LogP contribution in [0.5, 0.6) is 0 Å². The summed E-state index contributed by atoms with van der Waals surface area (Å²) in [5.41, 5.74) is 2.84. The van der Waals surface area contributed by atoms with Gasteiger partial charge in [0, 0.05) is 31.4 Å². The SMILES string of the molecule is CC(C)CNCc1ccccc1N1CCCN(C)CC1C. The van der Waals surface area contributed by atoms with Crippen LogP contribution in [0.4, 0.5) is 5.69 Å². The third-order valence-corrected chi connectivity index (χ3v) is 4.22. The van der Waals surface area contributed by atoms with E-state index in [4.69, 9.17) is 0 Å². The van der Waals surface area contributed by atoms with E-state index in [0.717, 1.165) is 26.2 Å². The van der Waals surface area contributed by atoms with Crippen LogP contribution in [-0.2, 0) is 6.54 Å². The van der Waals surface area contributed by atoms with Crippen LogP contribution < -0.4 is 10.2 Å². The number of nitrogens with zero attached hydrogens (tertiary/aromatic N) is 2. The van der Waals surface area contributed by atoms with E-state index in [1.807, 2.05) is 0 Å². The van der Waals surface area contributed by atoms with Crippen molar-refractivity contribution in [1.82, 2.24) is 10.2 Å². The molecule has 0 amide bonds. The highest BCUT2D eigenvalue weighted by molar-refractivity contribution is 5.54. The maximum Gasteiger partial charge on any atom is 0.0414 e. The number of hydrogen-bond donors (Lipinski definition) is 1. The van der Waals surface area contributed by atoms with Gasteiger partial charge in [-0.3, -0.25) is 0 Å². The lowest BCUT2D eigenvalue weighted by Gasteiger charge is -2.32. The second kappa shape index (κ2) is 7.81. The number of nitrogens with one attached hydrogen (secondary N) is 1. The summed E-state index contributed by atoms with van der Waals surface area (Å²) < 4.78 is 0. The number of hydrogen-bond acceptors (Lipinski definition) is 3. The van der Waals surface area contributed by atoms with Gasteiger partial charge in [0.05, 0.1) is 0 Å². The molecular formula is C18H31N3. The zero-order valence-corrected chi connectivity index (χ0v) is 14.1. The molecule has 1 aromatic carbocycles. The van der Waals surface area contributed by atoms with Gasteiger partial charge >= 0.3 is 0 Å². The van der Waals surface area contributed by atoms with Crippen molar-refractivity contribution < 1.29 is 0 Å². The van der Waals surface area contributed by atoms with E-state index in [1.54, 1.807) is 0 Å². The van der Waals surface area contributed by atoms with Crippen LogP contribution in [-0.4, -0.2) is 44.2 Å². The molecule has 0 aliphatic carbocycles. The molecule has 1 unspecified atom stereocenters. The van der Waals surface area contributed by atoms with Crippen LogP contribution in [0.15, 0.2) is 24.3 Å². The molecule has 2 rings (SSSR count). The van der Waals surface area contributed by atoms with E-state index in [2.05, 4.69) is 67.2 Å². The highest BCUT2D eigenvalue weighted by Crippen LogP contribution is 2.24. The van der Waals surface area contributed by atoms with E-state index < -0.39 is 0 Å². The summed E-state index contributed by atoms with van der Waals surface area (Å²) >= 11 is 0. The molecule has 1 fully saturated rings. The predicted octanol–water partition coefficient (Wildman–Crippen LogP) is 2.96. The van der Waals surface area contributed by atoms with Gasteiger partial charge in [0.1, 0.15) is 0 Å². The van der Waals surface area contributed by atoms with Crippen LogP contribution in [0.25, 0.3) is 0 Å². The highest BCUT2D eigenvalue weighted by Gasteiger charge is 2.21. The summed E-state index contributed by atoms with van der Waals surface area (Å²) in [5, 5.41) is 3.58. The van der Waals surface area contributed by atoms with Crippen LogP contribution in [0.1, 0.15) is 32.8 Å². The monoisotopic (exact) mass is 289 g/mol. The highest BCUT2D eigenvalue weighted by atomic mass is 15.2. The quantitative estimate of drug-likeness (QED) is 0.899. The van der Waals surface area contributed by atoms with Crippen LogP contribution >= 0.6 is 0 Å². The average Bonchev–Trinajstić information content (AvgIpc) is 2.59. The van der Waals surface area contributed by atoms with Gasteiger partial charge in [0.25, 0.3) is 0 Å². The molecule has 1 N–H and O–H groups in total. The fourth-order valence-corrected chi connectivity index (χ4v) is 3.17. The first-order chi connectivity index (χ1) is 10.1. The summed E-state index contributed by atoms with van der Waals surface area (Å²) in [4.78, 5) is 5.04. The molecule has 1 aliphatic heterocycles. The Bertz CT molecular complexity index is 430. The lowest BCUT2D eigenvalue weighted by Crippen LogP contribution is -2.38. The molecule has 1 aliphatic rings. The maximum atomic E-state index is 3.58. The van der Waals surface area contributed by atoms with Crippen molar-refractivity contribution in [2.24, 2.45) is 5.92 Å². The van der Waals surface area contributed by atoms with Gasteiger partial charge in [0.15, 0.2) is 0 Å². The van der Waals surface area contributed by atoms with Crippen molar-refractivity contribution in [3.63, 3.8) is 0 Å². The van der Waals surface area contributed by atoms with Gasteiger partial charge in [-0.25, -0.2) is 0 Å². The topological polar surface area (TPSA) is 18.5 Å². The molecule has 1 saturated heterocycles. The average molecular weight is 289 g/mol. The van der Waals surface area contributed by atoms with Crippen molar-refractivity contribution in [3.8, 4) is 0 Å². The molecule has 0 radical (unpaired) electrons. The molecule has 0 bridgehead atoms. The van der Waals surface area contributed by atoms with E-state index in [0.29, 0.717) is 12.0 Å². The van der Waals surface area contributed by atoms with Gasteiger partial charge in [-0.15, -0.1) is 0 Å². The zero-order chi connectivity index (χ0) is 15.2. The minimum atomic E-state index is 0.573. The minimum absolute atomic E-state index is 0.573. The van der Waals surface area contributed by atoms with E-state index in [-0.39, 0.29) is 0 Å². The minimum Gasteiger partial charge on any atom is -0.367 e. The standard InChI is InChI=1S/C18H31N3/c1-15(2)12-19-13-17-8-5-6-9-18(17)21-11-7-10-20(4)14-16(21)3/h5-6,8-9,15-16,19H,7,10-14H2,1-4H3. The Morgan fingerprint density at radius 3 is 2.76 bits per heavy atom. The van der Waals surface area contributed by atoms with Crippen molar-refractivity contribution in [2.75, 3.05) is 38.1 Å². The number of para-hydroxylation sites is 1. The maximum absolute atomic E-state index is 3.58. The third-order valence-electron chi connectivity index (χ3n) is 4.22. The lowest BCUT2D eigenvalue weighted by molar-refractivity contribution is 0.337. The molecule has 21 heavy (non-hydrogen) atoms. The second-order valence-electron chi connectivity index (χ2n) is 6.81. The molecule has 3 nitrogen and oxygen atoms in total. The molecule has 1 aromatic rings. The van der Waals surface area contributed by atoms with Crippen molar-refractivity contribution in [1.29, 1.82) is 0 Å². The van der Waals surface area contributed by atoms with Gasteiger partial charge < -0.3 is 15.1 Å². The first kappa shape index (κ1) is 16.3. The summed E-state index contributed by atoms with van der Waals surface area (Å²) in [6, 6.07) is 9.45. The van der Waals surface area contributed by atoms with Gasteiger partial charge in [-0.2, -0.15) is 0 Å². The number of rotatable bonds is 5. The van der Waals surface area contributed by atoms with Crippen molar-refractivity contribution in [3.05, 3.63) is 29.8 Å². The smallest absolute Gasteiger partial charge is 0.0414 e. The Labute approximate surface area is 130 Å². The molecule has 118 valence electrons. The van der Waals surface area contributed by atoms with Crippen LogP contribution in [0, 0.1) is 5.92 Å². The van der Waals surface area contributed by atoms with E-state index in [9.17, 15) is 0 Å². The Kier molecular flexibility index (Phi) is 6.07. The molecule has 1 atom stereocenters. The first-order valence-corrected chi connectivity index (χ1v) is 8.31. The molecule has 1 heterocycles. The van der Waals surface area contributed by atoms with Gasteiger partial charge in [-0.1, -0.05) is 32.0 Å². The summed E-state index contributed by atoms with van der Waals surface area (Å²) in [5.74, 6) is 0.697. The lowest BCUT2D eigenvalue weighted by atomic mass is 10.1. The van der Waals surface area contributed by atoms with E-state index in [1.165, 1.54) is 24.2 Å². The molecule has 0 aromatic heterocycles. The molecular weight excluding hydrogens is 258 g/mol. The Morgan fingerprint density at radius 2 is 2.00 bits per heavy atom. The summed E-state index contributed by atoms with van der Waals surface area (Å²) in [6.45, 7) is 12.4. The number of benzene rings is 1. The largest absolute Gasteiger partial charge is 0.367 e. The number of likely N-dealkylation sites (N-methyl/N-ethyl adjacent to an activating group) is 1. The zero-order valence-electron chi connectivity index (χ0n) is 14.1. The number of anilines is 1. The summed E-state index contributed by atoms with van der Waals surface area (Å²) in [6.07, 6.45) is 1.24. The molecule has 0 spiro atoms. The third kappa shape index (κ3) is 4.72. The Balaban J connectivity index is 2.10. The molecule has 3 heteroatoms. The van der Waals surface area contributed by atoms with E-state index >= 15 is 0 Å². The van der Waals surface area contributed by atoms with Gasteiger partial charge in [-0.05, 0) is 51.0 Å². The predicted molar refractivity (Wildman–Crippen MR) is 91.9 cm³/mol. The van der Waals surface area contributed by atoms with Crippen molar-refractivity contribution >= 4 is 5.69 Å². The fourth-order valence-electron chi connectivity index (χ4n) is 3.17. The fraction of sp³-hybridized carbons (Fsp3) is 0.667. The first-order valence-electron chi connectivity index (χ1n) is 8.31. The normalized spacial score (nSPS) is 20.8. The Morgan fingerprint density at radius 1 is 1.24 bits per heavy atom. The van der Waals surface area contributed by atoms with Crippen LogP contribution in [0.2, 0.25) is 0 Å². The van der Waals surface area contributed by atoms with Gasteiger partial charge in [0.2, 0.25) is 0 Å². The Hall–Kier alpha value is -1.06.